The lowest BCUT2D eigenvalue weighted by Crippen LogP contribution is -2.22. The summed E-state index contributed by atoms with van der Waals surface area (Å²) in [5.41, 5.74) is 1.05. The molecule has 0 spiro atoms. The Balaban J connectivity index is 1.77. The number of rotatable bonds is 4. The lowest BCUT2D eigenvalue weighted by Gasteiger charge is -2.23. The molecule has 1 atom stereocenters. The van der Waals surface area contributed by atoms with E-state index in [1.165, 1.54) is 0 Å². The van der Waals surface area contributed by atoms with Gasteiger partial charge >= 0.3 is 0 Å². The molecule has 16 heavy (non-hydrogen) atoms. The van der Waals surface area contributed by atoms with Gasteiger partial charge in [-0.2, -0.15) is 0 Å². The molecule has 1 aliphatic rings. The summed E-state index contributed by atoms with van der Waals surface area (Å²) in [5.74, 6) is 0.629. The van der Waals surface area contributed by atoms with Crippen molar-refractivity contribution < 1.29 is 9.84 Å². The average Bonchev–Trinajstić information content (AvgIpc) is 2.65. The van der Waals surface area contributed by atoms with E-state index in [4.69, 9.17) is 4.74 Å². The summed E-state index contributed by atoms with van der Waals surface area (Å²) < 4.78 is 5.31. The Bertz CT molecular complexity index is 321. The molecule has 0 aliphatic carbocycles. The van der Waals surface area contributed by atoms with Crippen LogP contribution in [0.25, 0.3) is 0 Å². The Kier molecular flexibility index (Phi) is 4.32. The SMILES string of the molecule is Cc1csc(CC(O)CC2CCOCC2)n1. The van der Waals surface area contributed by atoms with Gasteiger partial charge in [0.25, 0.3) is 0 Å². The van der Waals surface area contributed by atoms with Crippen LogP contribution in [0.1, 0.15) is 30.0 Å². The van der Waals surface area contributed by atoms with E-state index in [-0.39, 0.29) is 6.10 Å². The van der Waals surface area contributed by atoms with Crippen LogP contribution in [0.2, 0.25) is 0 Å². The first-order valence-electron chi connectivity index (χ1n) is 5.91. The zero-order valence-corrected chi connectivity index (χ0v) is 10.5. The number of aliphatic hydroxyl groups excluding tert-OH is 1. The van der Waals surface area contributed by atoms with Crippen LogP contribution in [-0.2, 0) is 11.2 Å². The van der Waals surface area contributed by atoms with Gasteiger partial charge in [-0.1, -0.05) is 0 Å². The van der Waals surface area contributed by atoms with E-state index in [2.05, 4.69) is 4.98 Å². The van der Waals surface area contributed by atoms with Crippen molar-refractivity contribution in [2.75, 3.05) is 13.2 Å². The van der Waals surface area contributed by atoms with Gasteiger partial charge in [-0.05, 0) is 32.1 Å². The molecule has 2 heterocycles. The van der Waals surface area contributed by atoms with Crippen LogP contribution >= 0.6 is 11.3 Å². The molecule has 4 heteroatoms. The Morgan fingerprint density at radius 2 is 2.31 bits per heavy atom. The zero-order valence-electron chi connectivity index (χ0n) is 9.69. The van der Waals surface area contributed by atoms with Crippen molar-refractivity contribution in [3.05, 3.63) is 16.1 Å². The third-order valence-corrected chi connectivity index (χ3v) is 4.01. The summed E-state index contributed by atoms with van der Waals surface area (Å²) in [6.07, 6.45) is 3.54. The quantitative estimate of drug-likeness (QED) is 0.878. The molecule has 3 nitrogen and oxygen atoms in total. The largest absolute Gasteiger partial charge is 0.393 e. The molecule has 0 radical (unpaired) electrons. The molecule has 0 amide bonds. The standard InChI is InChI=1S/C12H19NO2S/c1-9-8-16-12(13-9)7-11(14)6-10-2-4-15-5-3-10/h8,10-11,14H,2-7H2,1H3. The summed E-state index contributed by atoms with van der Waals surface area (Å²) >= 11 is 1.64. The van der Waals surface area contributed by atoms with Crippen molar-refractivity contribution >= 4 is 11.3 Å². The predicted molar refractivity (Wildman–Crippen MR) is 64.7 cm³/mol. The average molecular weight is 241 g/mol. The topological polar surface area (TPSA) is 42.4 Å². The van der Waals surface area contributed by atoms with Gasteiger partial charge in [0.15, 0.2) is 0 Å². The third-order valence-electron chi connectivity index (χ3n) is 3.02. The first-order chi connectivity index (χ1) is 7.74. The van der Waals surface area contributed by atoms with Crippen molar-refractivity contribution in [2.24, 2.45) is 5.92 Å². The first kappa shape index (κ1) is 12.0. The fraction of sp³-hybridized carbons (Fsp3) is 0.750. The number of ether oxygens (including phenoxy) is 1. The normalized spacial score (nSPS) is 19.9. The summed E-state index contributed by atoms with van der Waals surface area (Å²) in [5, 5.41) is 13.1. The van der Waals surface area contributed by atoms with E-state index in [0.717, 1.165) is 43.2 Å². The Morgan fingerprint density at radius 3 is 2.94 bits per heavy atom. The maximum Gasteiger partial charge on any atom is 0.0953 e. The zero-order chi connectivity index (χ0) is 11.4. The van der Waals surface area contributed by atoms with Gasteiger partial charge in [-0.3, -0.25) is 0 Å². The Morgan fingerprint density at radius 1 is 1.56 bits per heavy atom. The second kappa shape index (κ2) is 5.75. The van der Waals surface area contributed by atoms with Crippen molar-refractivity contribution in [3.8, 4) is 0 Å². The van der Waals surface area contributed by atoms with Crippen LogP contribution in [-0.4, -0.2) is 29.4 Å². The van der Waals surface area contributed by atoms with Crippen molar-refractivity contribution in [2.45, 2.75) is 38.7 Å². The molecular weight excluding hydrogens is 222 g/mol. The molecule has 0 saturated carbocycles. The van der Waals surface area contributed by atoms with E-state index in [0.29, 0.717) is 12.3 Å². The van der Waals surface area contributed by atoms with Crippen LogP contribution < -0.4 is 0 Å². The van der Waals surface area contributed by atoms with Crippen molar-refractivity contribution in [1.82, 2.24) is 4.98 Å². The number of aryl methyl sites for hydroxylation is 1. The van der Waals surface area contributed by atoms with Crippen molar-refractivity contribution in [3.63, 3.8) is 0 Å². The van der Waals surface area contributed by atoms with Gasteiger partial charge in [-0.25, -0.2) is 4.98 Å². The number of aliphatic hydroxyl groups is 1. The van der Waals surface area contributed by atoms with Crippen LogP contribution in [0.5, 0.6) is 0 Å². The molecule has 1 N–H and O–H groups in total. The highest BCUT2D eigenvalue weighted by molar-refractivity contribution is 7.09. The molecule has 90 valence electrons. The number of hydrogen-bond donors (Lipinski definition) is 1. The highest BCUT2D eigenvalue weighted by atomic mass is 32.1. The second-order valence-electron chi connectivity index (χ2n) is 4.53. The number of nitrogens with zero attached hydrogens (tertiary/aromatic N) is 1. The summed E-state index contributed by atoms with van der Waals surface area (Å²) in [4.78, 5) is 4.38. The molecule has 1 aromatic rings. The minimum absolute atomic E-state index is 0.242. The predicted octanol–water partition coefficient (Wildman–Crippen LogP) is 2.17. The fourth-order valence-electron chi connectivity index (χ4n) is 2.15. The number of thiazole rings is 1. The van der Waals surface area contributed by atoms with Crippen LogP contribution in [0.4, 0.5) is 0 Å². The van der Waals surface area contributed by atoms with E-state index in [9.17, 15) is 5.11 Å². The third kappa shape index (κ3) is 3.54. The highest BCUT2D eigenvalue weighted by Crippen LogP contribution is 2.22. The Hall–Kier alpha value is -0.450. The molecule has 1 saturated heterocycles. The lowest BCUT2D eigenvalue weighted by atomic mass is 9.93. The van der Waals surface area contributed by atoms with Gasteiger partial charge in [0.1, 0.15) is 0 Å². The molecule has 2 rings (SSSR count). The van der Waals surface area contributed by atoms with E-state index >= 15 is 0 Å². The maximum atomic E-state index is 9.99. The van der Waals surface area contributed by atoms with Crippen molar-refractivity contribution in [1.29, 1.82) is 0 Å². The Labute approximate surface area is 100 Å². The monoisotopic (exact) mass is 241 g/mol. The first-order valence-corrected chi connectivity index (χ1v) is 6.79. The summed E-state index contributed by atoms with van der Waals surface area (Å²) in [6, 6.07) is 0. The van der Waals surface area contributed by atoms with Gasteiger partial charge in [0, 0.05) is 30.7 Å². The minimum Gasteiger partial charge on any atom is -0.393 e. The molecule has 1 aliphatic heterocycles. The summed E-state index contributed by atoms with van der Waals surface area (Å²) in [7, 11) is 0. The van der Waals surface area contributed by atoms with Gasteiger partial charge < -0.3 is 9.84 Å². The summed E-state index contributed by atoms with van der Waals surface area (Å²) in [6.45, 7) is 3.70. The van der Waals surface area contributed by atoms with Gasteiger partial charge in [0.2, 0.25) is 0 Å². The van der Waals surface area contributed by atoms with Gasteiger partial charge in [0.05, 0.1) is 11.1 Å². The van der Waals surface area contributed by atoms with E-state index in [1.807, 2.05) is 12.3 Å². The highest BCUT2D eigenvalue weighted by Gasteiger charge is 2.18. The molecule has 0 bridgehead atoms. The van der Waals surface area contributed by atoms with Crippen LogP contribution in [0, 0.1) is 12.8 Å². The fourth-order valence-corrected chi connectivity index (χ4v) is 2.99. The van der Waals surface area contributed by atoms with Crippen LogP contribution in [0.15, 0.2) is 5.38 Å². The smallest absolute Gasteiger partial charge is 0.0953 e. The molecule has 1 unspecified atom stereocenters. The molecule has 0 aromatic carbocycles. The molecule has 1 aromatic heterocycles. The van der Waals surface area contributed by atoms with E-state index < -0.39 is 0 Å². The van der Waals surface area contributed by atoms with Gasteiger partial charge in [-0.15, -0.1) is 11.3 Å². The minimum atomic E-state index is -0.242. The molecular formula is C12H19NO2S. The molecule has 1 fully saturated rings. The maximum absolute atomic E-state index is 9.99. The number of aromatic nitrogens is 1. The van der Waals surface area contributed by atoms with E-state index in [1.54, 1.807) is 11.3 Å². The number of hydrogen-bond acceptors (Lipinski definition) is 4. The second-order valence-corrected chi connectivity index (χ2v) is 5.47. The lowest BCUT2D eigenvalue weighted by molar-refractivity contribution is 0.0439. The van der Waals surface area contributed by atoms with Crippen LogP contribution in [0.3, 0.4) is 0 Å².